The molecule has 1 nitrogen and oxygen atoms in total. The van der Waals surface area contributed by atoms with E-state index in [4.69, 9.17) is 0 Å². The molecule has 1 radical (unpaired) electrons. The van der Waals surface area contributed by atoms with Crippen molar-refractivity contribution in [1.82, 2.24) is 0 Å². The lowest BCUT2D eigenvalue weighted by Crippen LogP contribution is -2.29. The van der Waals surface area contributed by atoms with E-state index in [1.54, 1.807) is 0 Å². The van der Waals surface area contributed by atoms with Crippen LogP contribution in [0.25, 0.3) is 0 Å². The van der Waals surface area contributed by atoms with Crippen LogP contribution in [0.15, 0.2) is 0 Å². The van der Waals surface area contributed by atoms with Gasteiger partial charge in [-0.1, -0.05) is 26.2 Å². The summed E-state index contributed by atoms with van der Waals surface area (Å²) in [7, 11) is 0. The van der Waals surface area contributed by atoms with Crippen LogP contribution in [0.5, 0.6) is 0 Å². The first-order chi connectivity index (χ1) is 4.27. The number of hydrogen-bond acceptors (Lipinski definition) is 1. The number of hydrogen-bond donors (Lipinski definition) is 1. The Hall–Kier alpha value is -0.0400. The molecule has 0 amide bonds. The standard InChI is InChI=1S/C8H15O/c1-2-8(9)6-4-3-5-7-8/h9H,1-7H2. The fourth-order valence-corrected chi connectivity index (χ4v) is 1.46. The highest BCUT2D eigenvalue weighted by molar-refractivity contribution is 4.82. The Morgan fingerprint density at radius 2 is 1.78 bits per heavy atom. The van der Waals surface area contributed by atoms with Gasteiger partial charge in [-0.25, -0.2) is 0 Å². The third-order valence-electron chi connectivity index (χ3n) is 2.25. The Morgan fingerprint density at radius 1 is 1.22 bits per heavy atom. The summed E-state index contributed by atoms with van der Waals surface area (Å²) >= 11 is 0. The Bertz CT molecular complexity index is 82.6. The van der Waals surface area contributed by atoms with Crippen molar-refractivity contribution in [3.63, 3.8) is 0 Å². The van der Waals surface area contributed by atoms with Crippen LogP contribution in [0.2, 0.25) is 0 Å². The first-order valence-electron chi connectivity index (χ1n) is 3.78. The second-order valence-corrected chi connectivity index (χ2v) is 3.04. The first kappa shape index (κ1) is 7.07. The maximum atomic E-state index is 9.62. The van der Waals surface area contributed by atoms with E-state index >= 15 is 0 Å². The smallest absolute Gasteiger partial charge is 0.0647 e. The van der Waals surface area contributed by atoms with E-state index in [9.17, 15) is 5.11 Å². The molecule has 0 atom stereocenters. The molecule has 0 aromatic rings. The van der Waals surface area contributed by atoms with Crippen LogP contribution in [0.3, 0.4) is 0 Å². The molecule has 1 heteroatoms. The van der Waals surface area contributed by atoms with Crippen LogP contribution in [0.4, 0.5) is 0 Å². The van der Waals surface area contributed by atoms with Gasteiger partial charge in [0.2, 0.25) is 0 Å². The Balaban J connectivity index is 2.37. The molecule has 0 bridgehead atoms. The molecule has 9 heavy (non-hydrogen) atoms. The average Bonchev–Trinajstić information content (AvgIpc) is 1.90. The minimum absolute atomic E-state index is 0.391. The molecule has 1 N–H and O–H groups in total. The SMILES string of the molecule is [CH2]CC1(O)CCCCC1. The quantitative estimate of drug-likeness (QED) is 0.570. The molecule has 1 aliphatic rings. The van der Waals surface area contributed by atoms with Gasteiger partial charge in [-0.15, -0.1) is 0 Å². The predicted octanol–water partition coefficient (Wildman–Crippen LogP) is 1.91. The molecule has 53 valence electrons. The van der Waals surface area contributed by atoms with Gasteiger partial charge < -0.3 is 5.11 Å². The summed E-state index contributed by atoms with van der Waals surface area (Å²) in [5, 5.41) is 9.62. The molecular formula is C8H15O. The lowest BCUT2D eigenvalue weighted by molar-refractivity contribution is 0.00632. The summed E-state index contributed by atoms with van der Waals surface area (Å²) in [5.41, 5.74) is -0.391. The van der Waals surface area contributed by atoms with Gasteiger partial charge in [0.05, 0.1) is 5.60 Å². The molecular weight excluding hydrogens is 112 g/mol. The van der Waals surface area contributed by atoms with Crippen molar-refractivity contribution in [3.05, 3.63) is 6.92 Å². The van der Waals surface area contributed by atoms with Gasteiger partial charge in [-0.05, 0) is 19.3 Å². The molecule has 0 unspecified atom stereocenters. The van der Waals surface area contributed by atoms with E-state index in [2.05, 4.69) is 6.92 Å². The lowest BCUT2D eigenvalue weighted by atomic mass is 9.83. The van der Waals surface area contributed by atoms with Crippen LogP contribution in [-0.2, 0) is 0 Å². The first-order valence-corrected chi connectivity index (χ1v) is 3.78. The van der Waals surface area contributed by atoms with Gasteiger partial charge in [-0.2, -0.15) is 0 Å². The minimum Gasteiger partial charge on any atom is -0.390 e. The Labute approximate surface area is 57.1 Å². The van der Waals surface area contributed by atoms with E-state index in [1.165, 1.54) is 19.3 Å². The summed E-state index contributed by atoms with van der Waals surface area (Å²) in [6, 6.07) is 0. The molecule has 1 saturated carbocycles. The number of rotatable bonds is 1. The molecule has 1 rings (SSSR count). The monoisotopic (exact) mass is 127 g/mol. The van der Waals surface area contributed by atoms with Crippen molar-refractivity contribution < 1.29 is 5.11 Å². The molecule has 0 aromatic carbocycles. The van der Waals surface area contributed by atoms with Crippen LogP contribution >= 0.6 is 0 Å². The molecule has 1 aliphatic carbocycles. The van der Waals surface area contributed by atoms with Crippen LogP contribution in [-0.4, -0.2) is 10.7 Å². The van der Waals surface area contributed by atoms with E-state index in [1.807, 2.05) is 0 Å². The van der Waals surface area contributed by atoms with Crippen LogP contribution < -0.4 is 0 Å². The fourth-order valence-electron chi connectivity index (χ4n) is 1.46. The average molecular weight is 127 g/mol. The largest absolute Gasteiger partial charge is 0.390 e. The Kier molecular flexibility index (Phi) is 2.12. The van der Waals surface area contributed by atoms with E-state index in [-0.39, 0.29) is 0 Å². The van der Waals surface area contributed by atoms with E-state index in [0.717, 1.165) is 12.8 Å². The Morgan fingerprint density at radius 3 is 2.11 bits per heavy atom. The summed E-state index contributed by atoms with van der Waals surface area (Å²) < 4.78 is 0. The van der Waals surface area contributed by atoms with Gasteiger partial charge in [0.15, 0.2) is 0 Å². The van der Waals surface area contributed by atoms with Crippen molar-refractivity contribution in [3.8, 4) is 0 Å². The van der Waals surface area contributed by atoms with Gasteiger partial charge in [0, 0.05) is 0 Å². The minimum atomic E-state index is -0.391. The van der Waals surface area contributed by atoms with Crippen LogP contribution in [0.1, 0.15) is 38.5 Å². The molecule has 0 spiro atoms. The van der Waals surface area contributed by atoms with E-state index in [0.29, 0.717) is 6.42 Å². The number of aliphatic hydroxyl groups is 1. The molecule has 0 aromatic heterocycles. The highest BCUT2D eigenvalue weighted by Gasteiger charge is 2.26. The van der Waals surface area contributed by atoms with Crippen molar-refractivity contribution in [2.24, 2.45) is 0 Å². The van der Waals surface area contributed by atoms with Crippen molar-refractivity contribution >= 4 is 0 Å². The predicted molar refractivity (Wildman–Crippen MR) is 38.0 cm³/mol. The van der Waals surface area contributed by atoms with Crippen LogP contribution in [0, 0.1) is 6.92 Å². The zero-order valence-corrected chi connectivity index (χ0v) is 5.90. The summed E-state index contributed by atoms with van der Waals surface area (Å²) in [6.45, 7) is 3.73. The van der Waals surface area contributed by atoms with Crippen molar-refractivity contribution in [2.75, 3.05) is 0 Å². The maximum Gasteiger partial charge on any atom is 0.0647 e. The zero-order valence-electron chi connectivity index (χ0n) is 5.90. The normalized spacial score (nSPS) is 26.0. The summed E-state index contributed by atoms with van der Waals surface area (Å²) in [6.07, 6.45) is 6.29. The highest BCUT2D eigenvalue weighted by Crippen LogP contribution is 2.29. The topological polar surface area (TPSA) is 20.2 Å². The molecule has 1 fully saturated rings. The fraction of sp³-hybridized carbons (Fsp3) is 0.875. The lowest BCUT2D eigenvalue weighted by Gasteiger charge is -2.30. The molecule has 0 heterocycles. The molecule has 0 saturated heterocycles. The second-order valence-electron chi connectivity index (χ2n) is 3.04. The van der Waals surface area contributed by atoms with Gasteiger partial charge in [0.1, 0.15) is 0 Å². The second kappa shape index (κ2) is 2.70. The van der Waals surface area contributed by atoms with Crippen molar-refractivity contribution in [1.29, 1.82) is 0 Å². The third-order valence-corrected chi connectivity index (χ3v) is 2.25. The third kappa shape index (κ3) is 1.68. The molecule has 0 aliphatic heterocycles. The summed E-state index contributed by atoms with van der Waals surface area (Å²) in [5.74, 6) is 0. The van der Waals surface area contributed by atoms with E-state index < -0.39 is 5.60 Å². The van der Waals surface area contributed by atoms with Gasteiger partial charge >= 0.3 is 0 Å². The highest BCUT2D eigenvalue weighted by atomic mass is 16.3. The zero-order chi connectivity index (χ0) is 6.74. The summed E-state index contributed by atoms with van der Waals surface area (Å²) in [4.78, 5) is 0. The maximum absolute atomic E-state index is 9.62. The van der Waals surface area contributed by atoms with Gasteiger partial charge in [0.25, 0.3) is 0 Å². The van der Waals surface area contributed by atoms with Gasteiger partial charge in [-0.3, -0.25) is 0 Å². The van der Waals surface area contributed by atoms with Crippen molar-refractivity contribution in [2.45, 2.75) is 44.1 Å².